The molecule has 0 bridgehead atoms. The fourth-order valence-corrected chi connectivity index (χ4v) is 2.16. The van der Waals surface area contributed by atoms with Gasteiger partial charge in [0.15, 0.2) is 0 Å². The topological polar surface area (TPSA) is 3.24 Å². The van der Waals surface area contributed by atoms with Crippen molar-refractivity contribution in [3.05, 3.63) is 34.9 Å². The molecule has 0 N–H and O–H groups in total. The van der Waals surface area contributed by atoms with E-state index in [-0.39, 0.29) is 6.54 Å². The summed E-state index contributed by atoms with van der Waals surface area (Å²) >= 11 is 9.09. The average Bonchev–Trinajstić information content (AvgIpc) is 2.16. The van der Waals surface area contributed by atoms with Crippen LogP contribution in [0.25, 0.3) is 0 Å². The molecule has 0 amide bonds. The molecular formula is C11H13BrClF2N. The van der Waals surface area contributed by atoms with Gasteiger partial charge in [-0.2, -0.15) is 0 Å². The second-order valence-corrected chi connectivity index (χ2v) is 4.67. The number of hydrogen-bond donors (Lipinski definition) is 0. The van der Waals surface area contributed by atoms with E-state index in [1.807, 2.05) is 12.1 Å². The Morgan fingerprint density at radius 2 is 2.12 bits per heavy atom. The third kappa shape index (κ3) is 5.23. The van der Waals surface area contributed by atoms with Gasteiger partial charge in [0.05, 0.1) is 6.54 Å². The zero-order valence-corrected chi connectivity index (χ0v) is 11.0. The number of nitrogens with zero attached hydrogens (tertiary/aromatic N) is 1. The lowest BCUT2D eigenvalue weighted by Crippen LogP contribution is -2.30. The average molecular weight is 313 g/mol. The van der Waals surface area contributed by atoms with Gasteiger partial charge in [-0.25, -0.2) is 8.78 Å². The molecule has 0 saturated carbocycles. The van der Waals surface area contributed by atoms with Crippen LogP contribution in [0.15, 0.2) is 24.3 Å². The van der Waals surface area contributed by atoms with Gasteiger partial charge in [-0.15, -0.1) is 0 Å². The molecule has 0 aliphatic heterocycles. The van der Waals surface area contributed by atoms with E-state index in [0.717, 1.165) is 5.56 Å². The first-order valence-electron chi connectivity index (χ1n) is 4.92. The second-order valence-electron chi connectivity index (χ2n) is 3.45. The molecule has 0 heterocycles. The summed E-state index contributed by atoms with van der Waals surface area (Å²) in [7, 11) is 0. The number of hydrogen-bond acceptors (Lipinski definition) is 1. The highest BCUT2D eigenvalue weighted by Gasteiger charge is 2.11. The van der Waals surface area contributed by atoms with E-state index in [1.165, 1.54) is 0 Å². The number of benzene rings is 1. The highest BCUT2D eigenvalue weighted by molar-refractivity contribution is 9.09. The molecule has 0 radical (unpaired) electrons. The first-order chi connectivity index (χ1) is 7.61. The van der Waals surface area contributed by atoms with Gasteiger partial charge in [-0.3, -0.25) is 4.90 Å². The highest BCUT2D eigenvalue weighted by atomic mass is 79.9. The summed E-state index contributed by atoms with van der Waals surface area (Å²) in [5.41, 5.74) is 0.953. The summed E-state index contributed by atoms with van der Waals surface area (Å²) in [4.78, 5) is 1.70. The minimum Gasteiger partial charge on any atom is -0.293 e. The van der Waals surface area contributed by atoms with Crippen LogP contribution < -0.4 is 0 Å². The van der Waals surface area contributed by atoms with Crippen LogP contribution in [0.4, 0.5) is 8.78 Å². The third-order valence-electron chi connectivity index (χ3n) is 2.09. The van der Waals surface area contributed by atoms with Crippen molar-refractivity contribution in [1.82, 2.24) is 4.90 Å². The lowest BCUT2D eigenvalue weighted by molar-refractivity contribution is 0.0881. The Kier molecular flexibility index (Phi) is 6.24. The van der Waals surface area contributed by atoms with E-state index in [1.54, 1.807) is 17.0 Å². The molecule has 0 aliphatic carbocycles. The molecule has 1 aromatic carbocycles. The van der Waals surface area contributed by atoms with Gasteiger partial charge in [-0.1, -0.05) is 39.7 Å². The zero-order valence-electron chi connectivity index (χ0n) is 8.67. The normalized spacial score (nSPS) is 11.4. The molecule has 5 heteroatoms. The summed E-state index contributed by atoms with van der Waals surface area (Å²) in [6.07, 6.45) is -2.31. The van der Waals surface area contributed by atoms with Crippen molar-refractivity contribution in [1.29, 1.82) is 0 Å². The summed E-state index contributed by atoms with van der Waals surface area (Å²) in [6, 6.07) is 7.28. The van der Waals surface area contributed by atoms with E-state index in [9.17, 15) is 8.78 Å². The van der Waals surface area contributed by atoms with Crippen molar-refractivity contribution in [3.63, 3.8) is 0 Å². The van der Waals surface area contributed by atoms with Crippen LogP contribution in [-0.2, 0) is 6.54 Å². The van der Waals surface area contributed by atoms with E-state index >= 15 is 0 Å². The van der Waals surface area contributed by atoms with Crippen molar-refractivity contribution in [3.8, 4) is 0 Å². The third-order valence-corrected chi connectivity index (χ3v) is 2.68. The predicted octanol–water partition coefficient (Wildman–Crippen LogP) is 3.80. The van der Waals surface area contributed by atoms with Gasteiger partial charge in [0.1, 0.15) is 0 Å². The van der Waals surface area contributed by atoms with Crippen LogP contribution in [0.2, 0.25) is 5.02 Å². The largest absolute Gasteiger partial charge is 0.293 e. The smallest absolute Gasteiger partial charge is 0.251 e. The minimum absolute atomic E-state index is 0.210. The van der Waals surface area contributed by atoms with Crippen molar-refractivity contribution in [2.24, 2.45) is 0 Å². The minimum atomic E-state index is -2.31. The van der Waals surface area contributed by atoms with E-state index in [4.69, 9.17) is 11.6 Å². The molecule has 1 rings (SSSR count). The molecule has 1 aromatic rings. The van der Waals surface area contributed by atoms with Crippen LogP contribution in [0, 0.1) is 0 Å². The number of rotatable bonds is 6. The predicted molar refractivity (Wildman–Crippen MR) is 66.5 cm³/mol. The van der Waals surface area contributed by atoms with Crippen LogP contribution >= 0.6 is 27.5 Å². The van der Waals surface area contributed by atoms with Gasteiger partial charge in [0.25, 0.3) is 6.43 Å². The Balaban J connectivity index is 2.60. The van der Waals surface area contributed by atoms with Crippen LogP contribution in [-0.4, -0.2) is 29.7 Å². The molecule has 1 nitrogen and oxygen atoms in total. The maximum Gasteiger partial charge on any atom is 0.251 e. The Morgan fingerprint density at radius 3 is 2.69 bits per heavy atom. The van der Waals surface area contributed by atoms with Crippen LogP contribution in [0.5, 0.6) is 0 Å². The lowest BCUT2D eigenvalue weighted by atomic mass is 10.2. The molecule has 0 saturated heterocycles. The summed E-state index contributed by atoms with van der Waals surface area (Å²) in [5.74, 6) is 0. The van der Waals surface area contributed by atoms with E-state index in [2.05, 4.69) is 15.9 Å². The number of alkyl halides is 3. The van der Waals surface area contributed by atoms with Crippen LogP contribution in [0.3, 0.4) is 0 Å². The molecule has 16 heavy (non-hydrogen) atoms. The highest BCUT2D eigenvalue weighted by Crippen LogP contribution is 2.13. The van der Waals surface area contributed by atoms with Gasteiger partial charge in [-0.05, 0) is 17.7 Å². The SMILES string of the molecule is FC(F)CN(CCBr)Cc1cccc(Cl)c1. The Hall–Kier alpha value is -0.190. The van der Waals surface area contributed by atoms with Crippen molar-refractivity contribution in [2.75, 3.05) is 18.4 Å². The fraction of sp³-hybridized carbons (Fsp3) is 0.455. The maximum absolute atomic E-state index is 12.3. The monoisotopic (exact) mass is 311 g/mol. The van der Waals surface area contributed by atoms with Gasteiger partial charge < -0.3 is 0 Å². The Labute approximate surface area is 108 Å². The van der Waals surface area contributed by atoms with Gasteiger partial charge in [0, 0.05) is 23.4 Å². The van der Waals surface area contributed by atoms with Crippen molar-refractivity contribution in [2.45, 2.75) is 13.0 Å². The van der Waals surface area contributed by atoms with E-state index < -0.39 is 6.43 Å². The second kappa shape index (κ2) is 7.20. The van der Waals surface area contributed by atoms with E-state index in [0.29, 0.717) is 23.4 Å². The standard InChI is InChI=1S/C11H13BrClF2N/c12-4-5-16(8-11(14)15)7-9-2-1-3-10(13)6-9/h1-3,6,11H,4-5,7-8H2. The fourth-order valence-electron chi connectivity index (χ4n) is 1.44. The summed E-state index contributed by atoms with van der Waals surface area (Å²) < 4.78 is 24.6. The Morgan fingerprint density at radius 1 is 1.38 bits per heavy atom. The molecule has 0 aliphatic rings. The molecule has 90 valence electrons. The summed E-state index contributed by atoms with van der Waals surface area (Å²) in [6.45, 7) is 0.880. The van der Waals surface area contributed by atoms with Crippen molar-refractivity contribution < 1.29 is 8.78 Å². The molecule has 0 spiro atoms. The van der Waals surface area contributed by atoms with Gasteiger partial charge in [0.2, 0.25) is 0 Å². The first kappa shape index (κ1) is 13.9. The maximum atomic E-state index is 12.3. The van der Waals surface area contributed by atoms with Gasteiger partial charge >= 0.3 is 0 Å². The zero-order chi connectivity index (χ0) is 12.0. The quantitative estimate of drug-likeness (QED) is 0.722. The Bertz CT molecular complexity index is 323. The lowest BCUT2D eigenvalue weighted by Gasteiger charge is -2.20. The van der Waals surface area contributed by atoms with Crippen molar-refractivity contribution >= 4 is 27.5 Å². The molecule has 0 atom stereocenters. The molecule has 0 fully saturated rings. The molecular weight excluding hydrogens is 299 g/mol. The first-order valence-corrected chi connectivity index (χ1v) is 6.42. The number of halogens is 4. The molecule has 0 unspecified atom stereocenters. The molecule has 0 aromatic heterocycles. The van der Waals surface area contributed by atoms with Crippen LogP contribution in [0.1, 0.15) is 5.56 Å². The summed E-state index contributed by atoms with van der Waals surface area (Å²) in [5, 5.41) is 1.31.